The molecule has 1 aliphatic heterocycles. The number of rotatable bonds is 3. The lowest BCUT2D eigenvalue weighted by Gasteiger charge is -2.28. The van der Waals surface area contributed by atoms with Crippen molar-refractivity contribution in [2.24, 2.45) is 5.73 Å². The van der Waals surface area contributed by atoms with Gasteiger partial charge in [-0.2, -0.15) is 0 Å². The van der Waals surface area contributed by atoms with Crippen LogP contribution in [0.25, 0.3) is 0 Å². The van der Waals surface area contributed by atoms with Crippen LogP contribution in [0.2, 0.25) is 0 Å². The average molecular weight is 271 g/mol. The van der Waals surface area contributed by atoms with Gasteiger partial charge < -0.3 is 20.7 Å². The number of likely N-dealkylation sites (tertiary alicyclic amines) is 1. The fraction of sp³-hybridized carbons (Fsp3) is 0.846. The molecule has 1 saturated heterocycles. The Labute approximate surface area is 114 Å². The third kappa shape index (κ3) is 5.06. The van der Waals surface area contributed by atoms with Crippen molar-refractivity contribution in [2.45, 2.75) is 58.2 Å². The van der Waals surface area contributed by atoms with Gasteiger partial charge in [0.15, 0.2) is 0 Å². The zero-order valence-electron chi connectivity index (χ0n) is 12.2. The lowest BCUT2D eigenvalue weighted by Crippen LogP contribution is -2.47. The van der Waals surface area contributed by atoms with Gasteiger partial charge in [-0.15, -0.1) is 0 Å². The standard InChI is InChI=1S/C13H25N3O3/c1-9(14)11(17)15-8-10-6-5-7-16(10)12(18)19-13(2,3)4/h9-10H,5-8,14H2,1-4H3,(H,15,17). The molecule has 0 saturated carbocycles. The van der Waals surface area contributed by atoms with Crippen LogP contribution in [0, 0.1) is 0 Å². The normalized spacial score (nSPS) is 21.1. The van der Waals surface area contributed by atoms with Crippen molar-refractivity contribution in [3.63, 3.8) is 0 Å². The van der Waals surface area contributed by atoms with E-state index < -0.39 is 11.6 Å². The van der Waals surface area contributed by atoms with Crippen LogP contribution in [0.15, 0.2) is 0 Å². The predicted octanol–water partition coefficient (Wildman–Crippen LogP) is 0.849. The maximum absolute atomic E-state index is 12.0. The lowest BCUT2D eigenvalue weighted by molar-refractivity contribution is -0.122. The molecule has 110 valence electrons. The Morgan fingerprint density at radius 3 is 2.63 bits per heavy atom. The molecule has 3 N–H and O–H groups in total. The van der Waals surface area contributed by atoms with Gasteiger partial charge >= 0.3 is 6.09 Å². The molecule has 0 bridgehead atoms. The van der Waals surface area contributed by atoms with Crippen LogP contribution >= 0.6 is 0 Å². The van der Waals surface area contributed by atoms with E-state index in [9.17, 15) is 9.59 Å². The number of carbonyl (C=O) groups excluding carboxylic acids is 2. The quantitative estimate of drug-likeness (QED) is 0.797. The summed E-state index contributed by atoms with van der Waals surface area (Å²) in [5, 5.41) is 2.76. The molecule has 0 aromatic heterocycles. The molecule has 0 radical (unpaired) electrons. The summed E-state index contributed by atoms with van der Waals surface area (Å²) in [6.07, 6.45) is 1.49. The van der Waals surface area contributed by atoms with Crippen molar-refractivity contribution < 1.29 is 14.3 Å². The van der Waals surface area contributed by atoms with Gasteiger partial charge in [0.05, 0.1) is 12.1 Å². The van der Waals surface area contributed by atoms with Gasteiger partial charge in [-0.1, -0.05) is 0 Å². The van der Waals surface area contributed by atoms with Crippen LogP contribution in [-0.2, 0) is 9.53 Å². The van der Waals surface area contributed by atoms with E-state index in [0.29, 0.717) is 13.1 Å². The summed E-state index contributed by atoms with van der Waals surface area (Å²) >= 11 is 0. The van der Waals surface area contributed by atoms with Crippen LogP contribution < -0.4 is 11.1 Å². The molecule has 0 aromatic rings. The minimum atomic E-state index is -0.531. The van der Waals surface area contributed by atoms with Crippen LogP contribution in [0.5, 0.6) is 0 Å². The highest BCUT2D eigenvalue weighted by atomic mass is 16.6. The first-order valence-corrected chi connectivity index (χ1v) is 6.73. The number of nitrogens with zero attached hydrogens (tertiary/aromatic N) is 1. The summed E-state index contributed by atoms with van der Waals surface area (Å²) < 4.78 is 5.36. The van der Waals surface area contributed by atoms with Crippen molar-refractivity contribution in [1.29, 1.82) is 0 Å². The first-order valence-electron chi connectivity index (χ1n) is 6.73. The number of amides is 2. The highest BCUT2D eigenvalue weighted by molar-refractivity contribution is 5.81. The van der Waals surface area contributed by atoms with Crippen molar-refractivity contribution >= 4 is 12.0 Å². The summed E-state index contributed by atoms with van der Waals surface area (Å²) in [6, 6.07) is -0.533. The minimum absolute atomic E-state index is 0.00227. The van der Waals surface area contributed by atoms with Gasteiger partial charge in [0.25, 0.3) is 0 Å². The number of carbonyl (C=O) groups is 2. The monoisotopic (exact) mass is 271 g/mol. The maximum atomic E-state index is 12.0. The molecule has 1 rings (SSSR count). The first kappa shape index (κ1) is 15.8. The van der Waals surface area contributed by atoms with E-state index in [1.165, 1.54) is 0 Å². The summed E-state index contributed by atoms with van der Waals surface area (Å²) in [4.78, 5) is 25.1. The van der Waals surface area contributed by atoms with E-state index in [0.717, 1.165) is 12.8 Å². The van der Waals surface area contributed by atoms with E-state index in [2.05, 4.69) is 5.32 Å². The maximum Gasteiger partial charge on any atom is 0.410 e. The van der Waals surface area contributed by atoms with Crippen LogP contribution in [-0.4, -0.2) is 47.7 Å². The second-order valence-electron chi connectivity index (χ2n) is 6.00. The van der Waals surface area contributed by atoms with Crippen LogP contribution in [0.3, 0.4) is 0 Å². The third-order valence-electron chi connectivity index (χ3n) is 2.93. The summed E-state index contributed by atoms with van der Waals surface area (Å²) in [5.41, 5.74) is 4.98. The Bertz CT molecular complexity index is 337. The Morgan fingerprint density at radius 1 is 1.47 bits per heavy atom. The Hall–Kier alpha value is -1.30. The Morgan fingerprint density at radius 2 is 2.11 bits per heavy atom. The van der Waals surface area contributed by atoms with E-state index in [-0.39, 0.29) is 18.0 Å². The largest absolute Gasteiger partial charge is 0.444 e. The smallest absolute Gasteiger partial charge is 0.410 e. The molecule has 0 spiro atoms. The van der Waals surface area contributed by atoms with Crippen molar-refractivity contribution in [3.8, 4) is 0 Å². The van der Waals surface area contributed by atoms with Gasteiger partial charge in [0.1, 0.15) is 5.60 Å². The second kappa shape index (κ2) is 6.23. The Balaban J connectivity index is 2.50. The zero-order valence-corrected chi connectivity index (χ0v) is 12.2. The van der Waals surface area contributed by atoms with Crippen molar-refractivity contribution in [2.75, 3.05) is 13.1 Å². The van der Waals surface area contributed by atoms with Crippen molar-refractivity contribution in [1.82, 2.24) is 10.2 Å². The molecule has 6 heteroatoms. The number of ether oxygens (including phenoxy) is 1. The second-order valence-corrected chi connectivity index (χ2v) is 6.00. The summed E-state index contributed by atoms with van der Waals surface area (Å²) in [5.74, 6) is -0.198. The molecule has 2 atom stereocenters. The molecule has 6 nitrogen and oxygen atoms in total. The third-order valence-corrected chi connectivity index (χ3v) is 2.93. The molecule has 2 amide bonds. The van der Waals surface area contributed by atoms with Crippen molar-refractivity contribution in [3.05, 3.63) is 0 Å². The molecular weight excluding hydrogens is 246 g/mol. The highest BCUT2D eigenvalue weighted by Gasteiger charge is 2.32. The topological polar surface area (TPSA) is 84.7 Å². The number of nitrogens with one attached hydrogen (secondary N) is 1. The Kier molecular flexibility index (Phi) is 5.17. The van der Waals surface area contributed by atoms with E-state index in [1.54, 1.807) is 11.8 Å². The highest BCUT2D eigenvalue weighted by Crippen LogP contribution is 2.20. The van der Waals surface area contributed by atoms with Crippen LogP contribution in [0.4, 0.5) is 4.79 Å². The number of hydrogen-bond donors (Lipinski definition) is 2. The van der Waals surface area contributed by atoms with E-state index in [1.807, 2.05) is 20.8 Å². The number of hydrogen-bond acceptors (Lipinski definition) is 4. The summed E-state index contributed by atoms with van der Waals surface area (Å²) in [7, 11) is 0. The van der Waals surface area contributed by atoms with Crippen LogP contribution in [0.1, 0.15) is 40.5 Å². The van der Waals surface area contributed by atoms with Gasteiger partial charge in [-0.25, -0.2) is 4.79 Å². The molecular formula is C13H25N3O3. The van der Waals surface area contributed by atoms with Gasteiger partial charge in [0, 0.05) is 13.1 Å². The molecule has 1 aliphatic rings. The predicted molar refractivity (Wildman–Crippen MR) is 72.6 cm³/mol. The fourth-order valence-electron chi connectivity index (χ4n) is 1.99. The molecule has 19 heavy (non-hydrogen) atoms. The average Bonchev–Trinajstić information content (AvgIpc) is 2.71. The molecule has 0 aromatic carbocycles. The molecule has 0 aliphatic carbocycles. The molecule has 2 unspecified atom stereocenters. The first-order chi connectivity index (χ1) is 8.70. The van der Waals surface area contributed by atoms with Gasteiger partial charge in [0.2, 0.25) is 5.91 Å². The minimum Gasteiger partial charge on any atom is -0.444 e. The zero-order chi connectivity index (χ0) is 14.6. The van der Waals surface area contributed by atoms with Gasteiger partial charge in [-0.3, -0.25) is 4.79 Å². The molecule has 1 fully saturated rings. The lowest BCUT2D eigenvalue weighted by atomic mass is 10.2. The SMILES string of the molecule is CC(N)C(=O)NCC1CCCN1C(=O)OC(C)(C)C. The van der Waals surface area contributed by atoms with E-state index >= 15 is 0 Å². The molecule has 1 heterocycles. The number of nitrogens with two attached hydrogens (primary N) is 1. The van der Waals surface area contributed by atoms with Gasteiger partial charge in [-0.05, 0) is 40.5 Å². The van der Waals surface area contributed by atoms with E-state index in [4.69, 9.17) is 10.5 Å². The fourth-order valence-corrected chi connectivity index (χ4v) is 1.99. The summed E-state index contributed by atoms with van der Waals surface area (Å²) in [6.45, 7) is 8.26.